The second-order valence-electron chi connectivity index (χ2n) is 3.17. The predicted octanol–water partition coefficient (Wildman–Crippen LogP) is 2.65. The van der Waals surface area contributed by atoms with Crippen molar-refractivity contribution in [3.63, 3.8) is 0 Å². The van der Waals surface area contributed by atoms with Gasteiger partial charge in [-0.2, -0.15) is 5.10 Å². The Morgan fingerprint density at radius 1 is 1.29 bits per heavy atom. The molecule has 0 unspecified atom stereocenters. The van der Waals surface area contributed by atoms with Crippen molar-refractivity contribution in [2.24, 2.45) is 0 Å². The molecule has 0 radical (unpaired) electrons. The standard InChI is InChI=1S/C10H10BrN3/c1-7-5-8(2)14(13-7)10-6-9(11)3-4-12-10/h3-6H,1-2H3. The summed E-state index contributed by atoms with van der Waals surface area (Å²) in [6.45, 7) is 3.99. The van der Waals surface area contributed by atoms with Crippen molar-refractivity contribution in [2.75, 3.05) is 0 Å². The molecular weight excluding hydrogens is 242 g/mol. The Hall–Kier alpha value is -1.16. The number of aromatic nitrogens is 3. The Balaban J connectivity index is 2.54. The van der Waals surface area contributed by atoms with Crippen LogP contribution < -0.4 is 0 Å². The van der Waals surface area contributed by atoms with E-state index in [0.29, 0.717) is 0 Å². The average molecular weight is 252 g/mol. The van der Waals surface area contributed by atoms with Crippen LogP contribution in [0.5, 0.6) is 0 Å². The van der Waals surface area contributed by atoms with Crippen molar-refractivity contribution in [3.05, 3.63) is 40.3 Å². The second-order valence-corrected chi connectivity index (χ2v) is 4.09. The average Bonchev–Trinajstić information content (AvgIpc) is 2.45. The molecule has 0 amide bonds. The van der Waals surface area contributed by atoms with Crippen molar-refractivity contribution >= 4 is 15.9 Å². The number of aryl methyl sites for hydroxylation is 2. The van der Waals surface area contributed by atoms with E-state index in [1.165, 1.54) is 0 Å². The maximum atomic E-state index is 4.35. The van der Waals surface area contributed by atoms with Crippen molar-refractivity contribution < 1.29 is 0 Å². The maximum Gasteiger partial charge on any atom is 0.154 e. The van der Waals surface area contributed by atoms with E-state index >= 15 is 0 Å². The molecular formula is C10H10BrN3. The van der Waals surface area contributed by atoms with E-state index in [4.69, 9.17) is 0 Å². The quantitative estimate of drug-likeness (QED) is 0.781. The molecule has 2 aromatic rings. The summed E-state index contributed by atoms with van der Waals surface area (Å²) in [5.74, 6) is 0.838. The molecule has 4 heteroatoms. The Labute approximate surface area is 90.9 Å². The lowest BCUT2D eigenvalue weighted by molar-refractivity contribution is 0.805. The molecule has 0 N–H and O–H groups in total. The number of halogens is 1. The van der Waals surface area contributed by atoms with E-state index in [2.05, 4.69) is 26.0 Å². The van der Waals surface area contributed by atoms with Gasteiger partial charge in [0.05, 0.1) is 5.69 Å². The first-order chi connectivity index (χ1) is 6.66. The monoisotopic (exact) mass is 251 g/mol. The van der Waals surface area contributed by atoms with Gasteiger partial charge in [-0.3, -0.25) is 0 Å². The highest BCUT2D eigenvalue weighted by atomic mass is 79.9. The zero-order chi connectivity index (χ0) is 10.1. The molecule has 0 fully saturated rings. The van der Waals surface area contributed by atoms with Crippen LogP contribution in [0.3, 0.4) is 0 Å². The molecule has 0 aliphatic carbocycles. The van der Waals surface area contributed by atoms with E-state index in [0.717, 1.165) is 21.7 Å². The summed E-state index contributed by atoms with van der Waals surface area (Å²) in [7, 11) is 0. The molecule has 0 atom stereocenters. The van der Waals surface area contributed by atoms with Crippen LogP contribution >= 0.6 is 15.9 Å². The Morgan fingerprint density at radius 2 is 2.07 bits per heavy atom. The van der Waals surface area contributed by atoms with Gasteiger partial charge in [-0.15, -0.1) is 0 Å². The molecule has 0 aliphatic heterocycles. The number of rotatable bonds is 1. The summed E-state index contributed by atoms with van der Waals surface area (Å²) in [6.07, 6.45) is 1.76. The fourth-order valence-corrected chi connectivity index (χ4v) is 1.69. The smallest absolute Gasteiger partial charge is 0.154 e. The van der Waals surface area contributed by atoms with Crippen LogP contribution in [0, 0.1) is 13.8 Å². The molecule has 0 saturated heterocycles. The van der Waals surface area contributed by atoms with Crippen molar-refractivity contribution in [2.45, 2.75) is 13.8 Å². The van der Waals surface area contributed by atoms with E-state index in [9.17, 15) is 0 Å². The molecule has 0 spiro atoms. The fraction of sp³-hybridized carbons (Fsp3) is 0.200. The largest absolute Gasteiger partial charge is 0.237 e. The number of hydrogen-bond acceptors (Lipinski definition) is 2. The van der Waals surface area contributed by atoms with Crippen LogP contribution in [0.2, 0.25) is 0 Å². The van der Waals surface area contributed by atoms with Crippen molar-refractivity contribution in [1.29, 1.82) is 0 Å². The third-order valence-corrected chi connectivity index (χ3v) is 2.43. The van der Waals surface area contributed by atoms with Gasteiger partial charge in [0.25, 0.3) is 0 Å². The molecule has 2 aromatic heterocycles. The summed E-state index contributed by atoms with van der Waals surface area (Å²) < 4.78 is 2.84. The summed E-state index contributed by atoms with van der Waals surface area (Å²) in [6, 6.07) is 5.87. The van der Waals surface area contributed by atoms with Gasteiger partial charge in [0.15, 0.2) is 5.82 Å². The molecule has 2 rings (SSSR count). The first-order valence-electron chi connectivity index (χ1n) is 4.32. The predicted molar refractivity (Wildman–Crippen MR) is 58.5 cm³/mol. The van der Waals surface area contributed by atoms with Crippen LogP contribution in [-0.2, 0) is 0 Å². The van der Waals surface area contributed by atoms with Gasteiger partial charge in [-0.05, 0) is 32.0 Å². The minimum Gasteiger partial charge on any atom is -0.237 e. The van der Waals surface area contributed by atoms with Gasteiger partial charge in [-0.1, -0.05) is 15.9 Å². The molecule has 0 bridgehead atoms. The molecule has 0 aromatic carbocycles. The van der Waals surface area contributed by atoms with Crippen molar-refractivity contribution in [1.82, 2.24) is 14.8 Å². The van der Waals surface area contributed by atoms with Gasteiger partial charge in [0, 0.05) is 16.4 Å². The van der Waals surface area contributed by atoms with E-state index in [-0.39, 0.29) is 0 Å². The lowest BCUT2D eigenvalue weighted by Gasteiger charge is -2.02. The van der Waals surface area contributed by atoms with Crippen LogP contribution in [0.25, 0.3) is 5.82 Å². The summed E-state index contributed by atoms with van der Waals surface area (Å²) >= 11 is 3.41. The zero-order valence-electron chi connectivity index (χ0n) is 8.03. The molecule has 14 heavy (non-hydrogen) atoms. The van der Waals surface area contributed by atoms with Gasteiger partial charge in [0.1, 0.15) is 0 Å². The Bertz CT molecular complexity index is 462. The first kappa shape index (κ1) is 9.40. The van der Waals surface area contributed by atoms with Crippen molar-refractivity contribution in [3.8, 4) is 5.82 Å². The number of pyridine rings is 1. The third kappa shape index (κ3) is 1.70. The number of nitrogens with zero attached hydrogens (tertiary/aromatic N) is 3. The second kappa shape index (κ2) is 3.53. The summed E-state index contributed by atoms with van der Waals surface area (Å²) in [5, 5.41) is 4.35. The minimum atomic E-state index is 0.838. The Morgan fingerprint density at radius 3 is 2.64 bits per heavy atom. The zero-order valence-corrected chi connectivity index (χ0v) is 9.62. The van der Waals surface area contributed by atoms with Crippen LogP contribution in [-0.4, -0.2) is 14.8 Å². The van der Waals surface area contributed by atoms with Crippen LogP contribution in [0.15, 0.2) is 28.9 Å². The highest BCUT2D eigenvalue weighted by molar-refractivity contribution is 9.10. The fourth-order valence-electron chi connectivity index (χ4n) is 1.37. The van der Waals surface area contributed by atoms with Gasteiger partial charge in [0.2, 0.25) is 0 Å². The highest BCUT2D eigenvalue weighted by Crippen LogP contribution is 2.14. The number of hydrogen-bond donors (Lipinski definition) is 0. The van der Waals surface area contributed by atoms with Gasteiger partial charge in [-0.25, -0.2) is 9.67 Å². The summed E-state index contributed by atoms with van der Waals surface area (Å²) in [5.41, 5.74) is 2.09. The molecule has 0 saturated carbocycles. The minimum absolute atomic E-state index is 0.838. The lowest BCUT2D eigenvalue weighted by Crippen LogP contribution is -2.01. The van der Waals surface area contributed by atoms with E-state index < -0.39 is 0 Å². The van der Waals surface area contributed by atoms with Gasteiger partial charge < -0.3 is 0 Å². The van der Waals surface area contributed by atoms with E-state index in [1.54, 1.807) is 6.20 Å². The van der Waals surface area contributed by atoms with E-state index in [1.807, 2.05) is 36.7 Å². The lowest BCUT2D eigenvalue weighted by atomic mass is 10.4. The molecule has 2 heterocycles. The SMILES string of the molecule is Cc1cc(C)n(-c2cc(Br)ccn2)n1. The first-order valence-corrected chi connectivity index (χ1v) is 5.11. The normalized spacial score (nSPS) is 10.5. The van der Waals surface area contributed by atoms with Crippen LogP contribution in [0.4, 0.5) is 0 Å². The molecule has 3 nitrogen and oxygen atoms in total. The molecule has 0 aliphatic rings. The summed E-state index contributed by atoms with van der Waals surface area (Å²) in [4.78, 5) is 4.25. The highest BCUT2D eigenvalue weighted by Gasteiger charge is 2.04. The van der Waals surface area contributed by atoms with Crippen LogP contribution in [0.1, 0.15) is 11.4 Å². The Kier molecular flexibility index (Phi) is 2.37. The third-order valence-electron chi connectivity index (χ3n) is 1.93. The topological polar surface area (TPSA) is 30.7 Å². The van der Waals surface area contributed by atoms with Gasteiger partial charge >= 0.3 is 0 Å². The molecule has 72 valence electrons. The maximum absolute atomic E-state index is 4.35.